The molecular formula is C12H17N3O2. The summed E-state index contributed by atoms with van der Waals surface area (Å²) < 4.78 is 5.66. The third-order valence-corrected chi connectivity index (χ3v) is 2.93. The maximum absolute atomic E-state index is 10.7. The number of hydrogen-bond acceptors (Lipinski definition) is 5. The SMILES string of the molecule is CC(C)N1CCOC(c2nccc(C=O)n2)C1. The Kier molecular flexibility index (Phi) is 3.81. The zero-order valence-corrected chi connectivity index (χ0v) is 10.2. The molecule has 1 unspecified atom stereocenters. The number of carbonyl (C=O) groups excluding carboxylic acids is 1. The highest BCUT2D eigenvalue weighted by molar-refractivity contribution is 5.71. The van der Waals surface area contributed by atoms with E-state index >= 15 is 0 Å². The van der Waals surface area contributed by atoms with Gasteiger partial charge in [-0.25, -0.2) is 9.97 Å². The molecule has 1 aromatic rings. The van der Waals surface area contributed by atoms with Crippen molar-refractivity contribution in [2.24, 2.45) is 0 Å². The van der Waals surface area contributed by atoms with E-state index in [4.69, 9.17) is 4.74 Å². The minimum absolute atomic E-state index is 0.133. The molecule has 92 valence electrons. The molecule has 0 spiro atoms. The van der Waals surface area contributed by atoms with Crippen molar-refractivity contribution in [3.8, 4) is 0 Å². The zero-order valence-electron chi connectivity index (χ0n) is 10.2. The molecule has 1 aliphatic heterocycles. The first-order valence-electron chi connectivity index (χ1n) is 5.84. The molecule has 1 aliphatic rings. The first-order chi connectivity index (χ1) is 8.20. The lowest BCUT2D eigenvalue weighted by atomic mass is 10.2. The molecular weight excluding hydrogens is 218 g/mol. The molecule has 1 aromatic heterocycles. The van der Waals surface area contributed by atoms with E-state index in [-0.39, 0.29) is 6.10 Å². The molecule has 0 N–H and O–H groups in total. The van der Waals surface area contributed by atoms with Crippen LogP contribution in [-0.4, -0.2) is 46.9 Å². The predicted octanol–water partition coefficient (Wildman–Crippen LogP) is 1.07. The van der Waals surface area contributed by atoms with Crippen molar-refractivity contribution in [1.82, 2.24) is 14.9 Å². The lowest BCUT2D eigenvalue weighted by Gasteiger charge is -2.34. The van der Waals surface area contributed by atoms with Crippen molar-refractivity contribution in [2.75, 3.05) is 19.7 Å². The number of aromatic nitrogens is 2. The number of aldehydes is 1. The Morgan fingerprint density at radius 2 is 2.41 bits per heavy atom. The Hall–Kier alpha value is -1.33. The van der Waals surface area contributed by atoms with Crippen LogP contribution in [0.4, 0.5) is 0 Å². The number of carbonyl (C=O) groups is 1. The van der Waals surface area contributed by atoms with Gasteiger partial charge in [-0.2, -0.15) is 0 Å². The Balaban J connectivity index is 2.13. The van der Waals surface area contributed by atoms with Gasteiger partial charge in [-0.1, -0.05) is 0 Å². The molecule has 0 bridgehead atoms. The predicted molar refractivity (Wildman–Crippen MR) is 62.8 cm³/mol. The van der Waals surface area contributed by atoms with Crippen LogP contribution in [0.15, 0.2) is 12.3 Å². The van der Waals surface area contributed by atoms with Crippen LogP contribution in [0.25, 0.3) is 0 Å². The fourth-order valence-corrected chi connectivity index (χ4v) is 1.90. The van der Waals surface area contributed by atoms with Gasteiger partial charge in [0.25, 0.3) is 0 Å². The fraction of sp³-hybridized carbons (Fsp3) is 0.583. The molecule has 0 aromatic carbocycles. The minimum atomic E-state index is -0.133. The molecule has 17 heavy (non-hydrogen) atoms. The van der Waals surface area contributed by atoms with E-state index in [9.17, 15) is 4.79 Å². The highest BCUT2D eigenvalue weighted by Crippen LogP contribution is 2.20. The fourth-order valence-electron chi connectivity index (χ4n) is 1.90. The molecule has 1 fully saturated rings. The van der Waals surface area contributed by atoms with Crippen molar-refractivity contribution in [1.29, 1.82) is 0 Å². The van der Waals surface area contributed by atoms with E-state index in [1.54, 1.807) is 12.3 Å². The lowest BCUT2D eigenvalue weighted by molar-refractivity contribution is -0.0443. The maximum atomic E-state index is 10.7. The standard InChI is InChI=1S/C12H17N3O2/c1-9(2)15-5-6-17-11(7-15)12-13-4-3-10(8-16)14-12/h3-4,8-9,11H,5-7H2,1-2H3. The van der Waals surface area contributed by atoms with Crippen LogP contribution in [0.5, 0.6) is 0 Å². The van der Waals surface area contributed by atoms with Crippen molar-refractivity contribution in [3.63, 3.8) is 0 Å². The van der Waals surface area contributed by atoms with Crippen LogP contribution < -0.4 is 0 Å². The number of nitrogens with zero attached hydrogens (tertiary/aromatic N) is 3. The first-order valence-corrected chi connectivity index (χ1v) is 5.84. The van der Waals surface area contributed by atoms with Gasteiger partial charge in [0.1, 0.15) is 11.8 Å². The van der Waals surface area contributed by atoms with Gasteiger partial charge in [0.2, 0.25) is 0 Å². The van der Waals surface area contributed by atoms with E-state index in [1.165, 1.54) is 0 Å². The molecule has 0 radical (unpaired) electrons. The number of rotatable bonds is 3. The molecule has 0 aliphatic carbocycles. The van der Waals surface area contributed by atoms with Gasteiger partial charge in [-0.15, -0.1) is 0 Å². The van der Waals surface area contributed by atoms with Crippen molar-refractivity contribution >= 4 is 6.29 Å². The van der Waals surface area contributed by atoms with E-state index in [2.05, 4.69) is 28.7 Å². The topological polar surface area (TPSA) is 55.3 Å². The van der Waals surface area contributed by atoms with E-state index in [0.717, 1.165) is 19.4 Å². The highest BCUT2D eigenvalue weighted by Gasteiger charge is 2.25. The Morgan fingerprint density at radius 3 is 3.12 bits per heavy atom. The second kappa shape index (κ2) is 5.33. The second-order valence-corrected chi connectivity index (χ2v) is 4.41. The summed E-state index contributed by atoms with van der Waals surface area (Å²) in [4.78, 5) is 21.4. The third-order valence-electron chi connectivity index (χ3n) is 2.93. The van der Waals surface area contributed by atoms with Gasteiger partial charge in [0.05, 0.1) is 6.61 Å². The van der Waals surface area contributed by atoms with Gasteiger partial charge in [0, 0.05) is 25.3 Å². The molecule has 2 rings (SSSR count). The number of morpholine rings is 1. The summed E-state index contributed by atoms with van der Waals surface area (Å²) in [6.45, 7) is 6.70. The highest BCUT2D eigenvalue weighted by atomic mass is 16.5. The van der Waals surface area contributed by atoms with Crippen LogP contribution in [0.2, 0.25) is 0 Å². The van der Waals surface area contributed by atoms with E-state index in [0.29, 0.717) is 24.2 Å². The summed E-state index contributed by atoms with van der Waals surface area (Å²) in [7, 11) is 0. The number of ether oxygens (including phenoxy) is 1. The quantitative estimate of drug-likeness (QED) is 0.733. The summed E-state index contributed by atoms with van der Waals surface area (Å²) >= 11 is 0. The molecule has 0 saturated carbocycles. The van der Waals surface area contributed by atoms with Crippen molar-refractivity contribution < 1.29 is 9.53 Å². The second-order valence-electron chi connectivity index (χ2n) is 4.41. The van der Waals surface area contributed by atoms with Gasteiger partial charge >= 0.3 is 0 Å². The molecule has 1 atom stereocenters. The maximum Gasteiger partial charge on any atom is 0.168 e. The summed E-state index contributed by atoms with van der Waals surface area (Å²) in [6, 6.07) is 2.08. The third kappa shape index (κ3) is 2.87. The minimum Gasteiger partial charge on any atom is -0.368 e. The first kappa shape index (κ1) is 12.1. The molecule has 2 heterocycles. The summed E-state index contributed by atoms with van der Waals surface area (Å²) in [6.07, 6.45) is 2.20. The number of hydrogen-bond donors (Lipinski definition) is 0. The van der Waals surface area contributed by atoms with E-state index < -0.39 is 0 Å². The lowest BCUT2D eigenvalue weighted by Crippen LogP contribution is -2.42. The van der Waals surface area contributed by atoms with Crippen LogP contribution in [0, 0.1) is 0 Å². The summed E-state index contributed by atoms with van der Waals surface area (Å²) in [5.74, 6) is 0.597. The van der Waals surface area contributed by atoms with Crippen LogP contribution in [-0.2, 0) is 4.74 Å². The average Bonchev–Trinajstić information content (AvgIpc) is 2.39. The van der Waals surface area contributed by atoms with E-state index in [1.807, 2.05) is 0 Å². The van der Waals surface area contributed by atoms with Gasteiger partial charge in [-0.05, 0) is 19.9 Å². The molecule has 1 saturated heterocycles. The molecule has 5 nitrogen and oxygen atoms in total. The van der Waals surface area contributed by atoms with Crippen LogP contribution in [0.1, 0.15) is 36.3 Å². The average molecular weight is 235 g/mol. The Bertz CT molecular complexity index is 395. The molecule has 0 amide bonds. The summed E-state index contributed by atoms with van der Waals surface area (Å²) in [5, 5.41) is 0. The monoisotopic (exact) mass is 235 g/mol. The van der Waals surface area contributed by atoms with Crippen molar-refractivity contribution in [2.45, 2.75) is 26.0 Å². The van der Waals surface area contributed by atoms with Gasteiger partial charge < -0.3 is 4.74 Å². The van der Waals surface area contributed by atoms with Gasteiger partial charge in [-0.3, -0.25) is 9.69 Å². The smallest absolute Gasteiger partial charge is 0.168 e. The summed E-state index contributed by atoms with van der Waals surface area (Å²) in [5.41, 5.74) is 0.403. The normalized spacial score (nSPS) is 21.7. The largest absolute Gasteiger partial charge is 0.368 e. The Morgan fingerprint density at radius 1 is 1.59 bits per heavy atom. The Labute approximate surface area is 101 Å². The molecule has 5 heteroatoms. The van der Waals surface area contributed by atoms with Crippen LogP contribution in [0.3, 0.4) is 0 Å². The van der Waals surface area contributed by atoms with Gasteiger partial charge in [0.15, 0.2) is 12.1 Å². The zero-order chi connectivity index (χ0) is 12.3. The van der Waals surface area contributed by atoms with Crippen LogP contribution >= 0.6 is 0 Å². The van der Waals surface area contributed by atoms with Crippen molar-refractivity contribution in [3.05, 3.63) is 23.8 Å².